The van der Waals surface area contributed by atoms with Crippen LogP contribution in [0.25, 0.3) is 11.2 Å². The molecule has 0 saturated carbocycles. The number of carbonyl (C=O) groups is 1. The molecule has 2 heterocycles. The van der Waals surface area contributed by atoms with Crippen molar-refractivity contribution in [1.29, 1.82) is 0 Å². The third kappa shape index (κ3) is 3.02. The SMILES string of the molecule is Cc1ccc(OC(=O)Cn2cnc3c2c(=O)n(C)c(=O)n3C)c(Br)c1. The topological polar surface area (TPSA) is 88.1 Å². The number of aryl methyl sites for hydroxylation is 2. The maximum Gasteiger partial charge on any atom is 0.332 e. The molecule has 0 atom stereocenters. The molecule has 0 aliphatic heterocycles. The number of benzene rings is 1. The lowest BCUT2D eigenvalue weighted by molar-refractivity contribution is -0.135. The molecule has 0 aliphatic carbocycles. The van der Waals surface area contributed by atoms with Gasteiger partial charge in [0.1, 0.15) is 12.3 Å². The molecule has 0 radical (unpaired) electrons. The fourth-order valence-electron chi connectivity index (χ4n) is 2.50. The van der Waals surface area contributed by atoms with E-state index in [-0.39, 0.29) is 17.7 Å². The molecule has 0 unspecified atom stereocenters. The van der Waals surface area contributed by atoms with Gasteiger partial charge in [0, 0.05) is 14.1 Å². The van der Waals surface area contributed by atoms with Gasteiger partial charge in [-0.05, 0) is 40.5 Å². The van der Waals surface area contributed by atoms with Crippen molar-refractivity contribution in [3.63, 3.8) is 0 Å². The molecule has 9 heteroatoms. The zero-order valence-corrected chi connectivity index (χ0v) is 15.4. The molecule has 130 valence electrons. The van der Waals surface area contributed by atoms with Crippen LogP contribution >= 0.6 is 15.9 Å². The van der Waals surface area contributed by atoms with Crippen LogP contribution in [0.2, 0.25) is 0 Å². The van der Waals surface area contributed by atoms with E-state index in [9.17, 15) is 14.4 Å². The minimum atomic E-state index is -0.556. The third-order valence-corrected chi connectivity index (χ3v) is 4.45. The summed E-state index contributed by atoms with van der Waals surface area (Å²) in [5.41, 5.74) is 0.424. The predicted octanol–water partition coefficient (Wildman–Crippen LogP) is 1.11. The van der Waals surface area contributed by atoms with Crippen LogP contribution in [0.4, 0.5) is 0 Å². The first kappa shape index (κ1) is 17.2. The first-order valence-corrected chi connectivity index (χ1v) is 8.16. The van der Waals surface area contributed by atoms with Crippen molar-refractivity contribution in [1.82, 2.24) is 18.7 Å². The number of nitrogens with zero attached hydrogens (tertiary/aromatic N) is 4. The van der Waals surface area contributed by atoms with Gasteiger partial charge in [0.2, 0.25) is 0 Å². The average Bonchev–Trinajstić information content (AvgIpc) is 2.97. The minimum absolute atomic E-state index is 0.171. The minimum Gasteiger partial charge on any atom is -0.424 e. The number of ether oxygens (including phenoxy) is 1. The van der Waals surface area contributed by atoms with E-state index >= 15 is 0 Å². The van der Waals surface area contributed by atoms with Gasteiger partial charge in [0.25, 0.3) is 5.56 Å². The maximum absolute atomic E-state index is 12.3. The van der Waals surface area contributed by atoms with Gasteiger partial charge in [0.15, 0.2) is 11.2 Å². The molecule has 3 rings (SSSR count). The molecule has 0 fully saturated rings. The Balaban J connectivity index is 1.94. The second-order valence-electron chi connectivity index (χ2n) is 5.66. The molecule has 1 aromatic carbocycles. The van der Waals surface area contributed by atoms with E-state index in [2.05, 4.69) is 20.9 Å². The van der Waals surface area contributed by atoms with Crippen molar-refractivity contribution >= 4 is 33.1 Å². The molecule has 8 nitrogen and oxygen atoms in total. The van der Waals surface area contributed by atoms with Gasteiger partial charge in [-0.3, -0.25) is 13.9 Å². The molecule has 25 heavy (non-hydrogen) atoms. The summed E-state index contributed by atoms with van der Waals surface area (Å²) < 4.78 is 9.61. The zero-order chi connectivity index (χ0) is 18.3. The Labute approximate surface area is 150 Å². The monoisotopic (exact) mass is 406 g/mol. The first-order chi connectivity index (χ1) is 11.8. The highest BCUT2D eigenvalue weighted by atomic mass is 79.9. The molecule has 0 aliphatic rings. The summed E-state index contributed by atoms with van der Waals surface area (Å²) in [5.74, 6) is -0.167. The normalized spacial score (nSPS) is 11.0. The lowest BCUT2D eigenvalue weighted by atomic mass is 10.2. The predicted molar refractivity (Wildman–Crippen MR) is 94.7 cm³/mol. The number of halogens is 1. The number of carbonyl (C=O) groups excluding carboxylic acids is 1. The largest absolute Gasteiger partial charge is 0.424 e. The summed E-state index contributed by atoms with van der Waals surface area (Å²) in [6.45, 7) is 1.72. The Morgan fingerprint density at radius 1 is 1.24 bits per heavy atom. The Hall–Kier alpha value is -2.68. The average molecular weight is 407 g/mol. The van der Waals surface area contributed by atoms with Gasteiger partial charge < -0.3 is 9.30 Å². The van der Waals surface area contributed by atoms with E-state index in [1.54, 1.807) is 6.07 Å². The molecular weight excluding hydrogens is 392 g/mol. The molecule has 0 N–H and O–H groups in total. The van der Waals surface area contributed by atoms with Crippen molar-refractivity contribution in [2.24, 2.45) is 14.1 Å². The lowest BCUT2D eigenvalue weighted by Gasteiger charge is -2.09. The fraction of sp³-hybridized carbons (Fsp3) is 0.250. The van der Waals surface area contributed by atoms with Crippen LogP contribution in [0.5, 0.6) is 5.75 Å². The highest BCUT2D eigenvalue weighted by molar-refractivity contribution is 9.10. The Morgan fingerprint density at radius 2 is 1.96 bits per heavy atom. The van der Waals surface area contributed by atoms with E-state index in [0.717, 1.165) is 10.1 Å². The van der Waals surface area contributed by atoms with E-state index in [0.29, 0.717) is 10.2 Å². The number of aromatic nitrogens is 4. The molecular formula is C16H15BrN4O4. The van der Waals surface area contributed by atoms with Crippen LogP contribution in [0.3, 0.4) is 0 Å². The van der Waals surface area contributed by atoms with Gasteiger partial charge in [-0.2, -0.15) is 0 Å². The van der Waals surface area contributed by atoms with E-state index < -0.39 is 17.2 Å². The summed E-state index contributed by atoms with van der Waals surface area (Å²) in [6, 6.07) is 5.35. The molecule has 3 aromatic rings. The summed E-state index contributed by atoms with van der Waals surface area (Å²) in [4.78, 5) is 40.6. The Bertz CT molecular complexity index is 1110. The zero-order valence-electron chi connectivity index (χ0n) is 13.8. The van der Waals surface area contributed by atoms with E-state index in [1.165, 1.54) is 29.6 Å². The molecule has 0 saturated heterocycles. The molecule has 2 aromatic heterocycles. The first-order valence-electron chi connectivity index (χ1n) is 7.37. The highest BCUT2D eigenvalue weighted by Gasteiger charge is 2.17. The summed E-state index contributed by atoms with van der Waals surface area (Å²) in [5, 5.41) is 0. The highest BCUT2D eigenvalue weighted by Crippen LogP contribution is 2.26. The van der Waals surface area contributed by atoms with Crippen molar-refractivity contribution in [3.05, 3.63) is 55.4 Å². The second-order valence-corrected chi connectivity index (χ2v) is 6.51. The molecule has 0 bridgehead atoms. The fourth-order valence-corrected chi connectivity index (χ4v) is 3.07. The third-order valence-electron chi connectivity index (χ3n) is 3.83. The summed E-state index contributed by atoms with van der Waals surface area (Å²) >= 11 is 3.34. The van der Waals surface area contributed by atoms with Gasteiger partial charge >= 0.3 is 11.7 Å². The number of esters is 1. The van der Waals surface area contributed by atoms with Crippen LogP contribution < -0.4 is 16.0 Å². The van der Waals surface area contributed by atoms with Crippen molar-refractivity contribution in [2.45, 2.75) is 13.5 Å². The number of rotatable bonds is 3. The number of hydrogen-bond donors (Lipinski definition) is 0. The van der Waals surface area contributed by atoms with Crippen LogP contribution in [0, 0.1) is 6.92 Å². The molecule has 0 amide bonds. The lowest BCUT2D eigenvalue weighted by Crippen LogP contribution is -2.37. The quantitative estimate of drug-likeness (QED) is 0.480. The Morgan fingerprint density at radius 3 is 2.64 bits per heavy atom. The van der Waals surface area contributed by atoms with Gasteiger partial charge in [0.05, 0.1) is 10.8 Å². The summed E-state index contributed by atoms with van der Waals surface area (Å²) in [6.07, 6.45) is 1.34. The van der Waals surface area contributed by atoms with Crippen LogP contribution in [0.1, 0.15) is 5.56 Å². The van der Waals surface area contributed by atoms with Gasteiger partial charge in [-0.25, -0.2) is 14.6 Å². The van der Waals surface area contributed by atoms with Crippen molar-refractivity contribution < 1.29 is 9.53 Å². The van der Waals surface area contributed by atoms with Crippen LogP contribution in [0.15, 0.2) is 38.6 Å². The number of imidazole rings is 1. The van der Waals surface area contributed by atoms with Gasteiger partial charge in [-0.1, -0.05) is 6.07 Å². The Kier molecular flexibility index (Phi) is 4.34. The second kappa shape index (κ2) is 6.32. The van der Waals surface area contributed by atoms with Crippen LogP contribution in [-0.4, -0.2) is 24.7 Å². The van der Waals surface area contributed by atoms with E-state index in [4.69, 9.17) is 4.74 Å². The number of hydrogen-bond acceptors (Lipinski definition) is 5. The number of fused-ring (bicyclic) bond motifs is 1. The standard InChI is InChI=1S/C16H15BrN4O4/c1-9-4-5-11(10(17)6-9)25-12(22)7-21-8-18-14-13(21)15(23)20(3)16(24)19(14)2/h4-6,8H,7H2,1-3H3. The molecule has 0 spiro atoms. The summed E-state index contributed by atoms with van der Waals surface area (Å²) in [7, 11) is 2.90. The van der Waals surface area contributed by atoms with E-state index in [1.807, 2.05) is 19.1 Å². The maximum atomic E-state index is 12.3. The van der Waals surface area contributed by atoms with Crippen molar-refractivity contribution in [2.75, 3.05) is 0 Å². The van der Waals surface area contributed by atoms with Gasteiger partial charge in [-0.15, -0.1) is 0 Å². The van der Waals surface area contributed by atoms with Crippen LogP contribution in [-0.2, 0) is 25.4 Å². The smallest absolute Gasteiger partial charge is 0.332 e. The van der Waals surface area contributed by atoms with Crippen molar-refractivity contribution in [3.8, 4) is 5.75 Å².